The van der Waals surface area contributed by atoms with Crippen LogP contribution in [0.5, 0.6) is 23.0 Å². The number of imidazole rings is 1. The van der Waals surface area contributed by atoms with Crippen molar-refractivity contribution >= 4 is 63.6 Å². The first-order valence-electron chi connectivity index (χ1n) is 18.9. The number of hydrogen-bond donors (Lipinski definition) is 7. The van der Waals surface area contributed by atoms with Crippen LogP contribution in [-0.4, -0.2) is 91.7 Å². The number of primary amides is 1. The number of fused-ring (bicyclic) bond motifs is 7. The molecule has 19 nitrogen and oxygen atoms in total. The van der Waals surface area contributed by atoms with Gasteiger partial charge in [0.1, 0.15) is 46.5 Å². The molecule has 4 aromatic carbocycles. The minimum absolute atomic E-state index is 0.0155. The minimum atomic E-state index is -1.55. The van der Waals surface area contributed by atoms with Crippen molar-refractivity contribution in [3.05, 3.63) is 135 Å². The Morgan fingerprint density at radius 1 is 0.968 bits per heavy atom. The molecule has 1 spiro atoms. The fourth-order valence-electron chi connectivity index (χ4n) is 8.07. The number of nitro benzene ring substituents is 1. The number of aliphatic hydroxyl groups excluding tert-OH is 2. The lowest BCUT2D eigenvalue weighted by Gasteiger charge is -2.36. The summed E-state index contributed by atoms with van der Waals surface area (Å²) >= 11 is 6.94. The van der Waals surface area contributed by atoms with Crippen molar-refractivity contribution in [2.24, 2.45) is 5.73 Å². The first-order chi connectivity index (χ1) is 29.8. The summed E-state index contributed by atoms with van der Waals surface area (Å²) in [5.74, 6) is 0.481. The zero-order chi connectivity index (χ0) is 43.4. The van der Waals surface area contributed by atoms with Crippen molar-refractivity contribution in [2.75, 3.05) is 16.8 Å². The highest BCUT2D eigenvalue weighted by Crippen LogP contribution is 2.57. The normalized spacial score (nSPS) is 19.3. The number of aromatic nitrogens is 4. The van der Waals surface area contributed by atoms with Crippen molar-refractivity contribution < 1.29 is 49.1 Å². The van der Waals surface area contributed by atoms with Crippen LogP contribution in [0.3, 0.4) is 0 Å². The molecule has 2 aromatic heterocycles. The fourth-order valence-corrected chi connectivity index (χ4v) is 9.38. The molecular weight excluding hydrogens is 845 g/mol. The number of nitro groups is 1. The van der Waals surface area contributed by atoms with Crippen LogP contribution in [-0.2, 0) is 28.0 Å². The average Bonchev–Trinajstić information content (AvgIpc) is 3.89. The van der Waals surface area contributed by atoms with Gasteiger partial charge in [-0.3, -0.25) is 20.0 Å². The third kappa shape index (κ3) is 6.94. The number of aromatic hydroxyl groups is 2. The van der Waals surface area contributed by atoms with E-state index in [1.165, 1.54) is 65.4 Å². The van der Waals surface area contributed by atoms with Gasteiger partial charge in [0.05, 0.1) is 22.9 Å². The maximum Gasteiger partial charge on any atom is 0.340 e. The van der Waals surface area contributed by atoms with Crippen molar-refractivity contribution in [2.45, 2.75) is 43.1 Å². The number of nitrogens with zero attached hydrogens (tertiary/aromatic N) is 5. The highest BCUT2D eigenvalue weighted by molar-refractivity contribution is 7.99. The predicted molar refractivity (Wildman–Crippen MR) is 225 cm³/mol. The summed E-state index contributed by atoms with van der Waals surface area (Å²) in [6, 6.07) is 17.4. The average molecular weight is 879 g/mol. The summed E-state index contributed by atoms with van der Waals surface area (Å²) in [5, 5.41) is 59.6. The molecule has 316 valence electrons. The number of thioether (sulfide) groups is 1. The van der Waals surface area contributed by atoms with Crippen LogP contribution in [0.2, 0.25) is 0 Å². The number of anilines is 1. The molecule has 62 heavy (non-hydrogen) atoms. The number of thiocarbonyl (C=S) groups is 1. The third-order valence-electron chi connectivity index (χ3n) is 10.9. The number of rotatable bonds is 11. The lowest BCUT2D eigenvalue weighted by atomic mass is 9.76. The van der Waals surface area contributed by atoms with Gasteiger partial charge in [-0.15, -0.1) is 0 Å². The van der Waals surface area contributed by atoms with Gasteiger partial charge in [0.15, 0.2) is 28.8 Å². The SMILES string of the molecule is NC(=O)NC(=S)c1ccc2c(c1CCSC[C@H]1O[C@@H](n3cnc4c(NCc5ccc([N+](=O)[O-])cc5)ncnc43)[C@H](O)[C@@H]1O)C(=O)OC21c2ccc(O)cc2Oc2cc(O)ccc21. The van der Waals surface area contributed by atoms with E-state index in [-0.39, 0.29) is 58.0 Å². The van der Waals surface area contributed by atoms with Gasteiger partial charge in [0.25, 0.3) is 5.69 Å². The number of non-ortho nitro benzene ring substituents is 1. The molecule has 21 heteroatoms. The summed E-state index contributed by atoms with van der Waals surface area (Å²) in [6.07, 6.45) is -1.59. The van der Waals surface area contributed by atoms with Gasteiger partial charge in [0.2, 0.25) is 0 Å². The van der Waals surface area contributed by atoms with E-state index in [2.05, 4.69) is 25.6 Å². The Morgan fingerprint density at radius 2 is 1.66 bits per heavy atom. The van der Waals surface area contributed by atoms with Gasteiger partial charge >= 0.3 is 12.0 Å². The summed E-state index contributed by atoms with van der Waals surface area (Å²) in [6.45, 7) is 0.286. The first kappa shape index (κ1) is 40.5. The molecule has 1 saturated heterocycles. The van der Waals surface area contributed by atoms with Gasteiger partial charge in [0, 0.05) is 58.8 Å². The number of amides is 2. The fraction of sp³-hybridized carbons (Fsp3) is 0.220. The Hall–Kier alpha value is -6.91. The standard InChI is InChI=1S/C41H34N8O11S2/c42-40(55)47-37(61)24-7-10-27-31(39(54)60-41(27)25-8-5-21(50)13-28(25)58-29-14-22(51)6-9-26(29)41)23(24)11-12-62-16-30-33(52)34(53)38(59-30)48-18-46-32-35(44-17-45-36(32)48)43-15-19-1-3-20(4-2-19)49(56)57/h1-10,13-14,17-18,30,33-34,38,50-53H,11-12,15-16H2,(H,43,44,45)(H3,42,47,55,61)/t30-,33-,34-,38-/m1/s1. The van der Waals surface area contributed by atoms with Crippen LogP contribution in [0.25, 0.3) is 11.2 Å². The Morgan fingerprint density at radius 3 is 2.34 bits per heavy atom. The molecule has 0 aliphatic carbocycles. The smallest absolute Gasteiger partial charge is 0.340 e. The summed E-state index contributed by atoms with van der Waals surface area (Å²) < 4.78 is 20.1. The van der Waals surface area contributed by atoms with Crippen LogP contribution in [0.4, 0.5) is 16.3 Å². The maximum absolute atomic E-state index is 14.2. The number of ether oxygens (including phenoxy) is 3. The number of phenols is 2. The largest absolute Gasteiger partial charge is 0.508 e. The molecule has 5 heterocycles. The number of carbonyl (C=O) groups is 2. The van der Waals surface area contributed by atoms with Crippen LogP contribution in [0, 0.1) is 10.1 Å². The Bertz CT molecular complexity index is 2770. The number of aliphatic hydroxyl groups is 2. The van der Waals surface area contributed by atoms with E-state index in [9.17, 15) is 40.1 Å². The minimum Gasteiger partial charge on any atom is -0.508 e. The van der Waals surface area contributed by atoms with Crippen molar-refractivity contribution in [1.29, 1.82) is 0 Å². The zero-order valence-corrected chi connectivity index (χ0v) is 33.6. The van der Waals surface area contributed by atoms with E-state index >= 15 is 0 Å². The van der Waals surface area contributed by atoms with Crippen LogP contribution in [0.15, 0.2) is 85.5 Å². The zero-order valence-electron chi connectivity index (χ0n) is 32.0. The van der Waals surface area contributed by atoms with E-state index in [1.54, 1.807) is 36.4 Å². The van der Waals surface area contributed by atoms with Crippen LogP contribution in [0.1, 0.15) is 50.0 Å². The quantitative estimate of drug-likeness (QED) is 0.0315. The van der Waals surface area contributed by atoms with Gasteiger partial charge < -0.3 is 45.7 Å². The second-order valence-corrected chi connectivity index (χ2v) is 16.1. The summed E-state index contributed by atoms with van der Waals surface area (Å²) in [5.41, 5.74) is 7.63. The summed E-state index contributed by atoms with van der Waals surface area (Å²) in [7, 11) is 0. The van der Waals surface area contributed by atoms with E-state index in [1.807, 2.05) is 0 Å². The molecule has 0 unspecified atom stereocenters. The van der Waals surface area contributed by atoms with E-state index < -0.39 is 47.1 Å². The second-order valence-electron chi connectivity index (χ2n) is 14.6. The molecule has 3 aliphatic rings. The highest BCUT2D eigenvalue weighted by atomic mass is 32.2. The molecule has 0 saturated carbocycles. The lowest BCUT2D eigenvalue weighted by Crippen LogP contribution is -2.35. The molecule has 3 aliphatic heterocycles. The molecule has 8 N–H and O–H groups in total. The molecule has 0 bridgehead atoms. The van der Waals surface area contributed by atoms with Gasteiger partial charge in [-0.2, -0.15) is 11.8 Å². The van der Waals surface area contributed by atoms with Gasteiger partial charge in [-0.25, -0.2) is 24.5 Å². The molecule has 1 fully saturated rings. The molecule has 6 aromatic rings. The number of carbonyl (C=O) groups excluding carboxylic acids is 2. The molecule has 4 atom stereocenters. The van der Waals surface area contributed by atoms with E-state index in [0.717, 1.165) is 5.56 Å². The first-order valence-corrected chi connectivity index (χ1v) is 20.5. The number of nitrogens with two attached hydrogens (primary N) is 1. The summed E-state index contributed by atoms with van der Waals surface area (Å²) in [4.78, 5) is 49.7. The van der Waals surface area contributed by atoms with Crippen molar-refractivity contribution in [1.82, 2.24) is 24.8 Å². The highest BCUT2D eigenvalue weighted by Gasteiger charge is 2.55. The van der Waals surface area contributed by atoms with Crippen molar-refractivity contribution in [3.8, 4) is 23.0 Å². The maximum atomic E-state index is 14.2. The number of hydrogen-bond acceptors (Lipinski definition) is 17. The van der Waals surface area contributed by atoms with E-state index in [4.69, 9.17) is 32.2 Å². The number of urea groups is 1. The van der Waals surface area contributed by atoms with E-state index in [0.29, 0.717) is 50.6 Å². The Balaban J connectivity index is 0.948. The van der Waals surface area contributed by atoms with Crippen LogP contribution < -0.4 is 21.1 Å². The molecule has 9 rings (SSSR count). The predicted octanol–water partition coefficient (Wildman–Crippen LogP) is 4.26. The number of esters is 1. The van der Waals surface area contributed by atoms with Crippen LogP contribution >= 0.6 is 24.0 Å². The number of phenolic OH excluding ortho intramolecular Hbond substituents is 2. The number of benzene rings is 4. The Labute approximate surface area is 359 Å². The van der Waals surface area contributed by atoms with Gasteiger partial charge in [-0.05, 0) is 47.6 Å². The Kier molecular flexibility index (Phi) is 10.3. The molecule has 0 radical (unpaired) electrons. The molecule has 2 amide bonds. The lowest BCUT2D eigenvalue weighted by molar-refractivity contribution is -0.384. The number of nitrogens with one attached hydrogen (secondary N) is 2. The second kappa shape index (κ2) is 15.8. The monoisotopic (exact) mass is 878 g/mol. The van der Waals surface area contributed by atoms with Gasteiger partial charge in [-0.1, -0.05) is 36.5 Å². The van der Waals surface area contributed by atoms with Crippen molar-refractivity contribution in [3.63, 3.8) is 0 Å². The third-order valence-corrected chi connectivity index (χ3v) is 12.3. The topological polar surface area (TPSA) is 280 Å². The molecular formula is C41H34N8O11S2.